The summed E-state index contributed by atoms with van der Waals surface area (Å²) in [5.74, 6) is 0.165. The number of fused-ring (bicyclic) bond motifs is 1. The van der Waals surface area contributed by atoms with Crippen molar-refractivity contribution in [3.8, 4) is 17.0 Å². The number of carbonyl (C=O) groups excluding carboxylic acids is 2. The molecule has 0 atom stereocenters. The van der Waals surface area contributed by atoms with Crippen molar-refractivity contribution in [2.24, 2.45) is 0 Å². The molecule has 0 aliphatic rings. The highest BCUT2D eigenvalue weighted by atomic mass is 32.1. The zero-order valence-corrected chi connectivity index (χ0v) is 19.7. The predicted molar refractivity (Wildman–Crippen MR) is 129 cm³/mol. The molecule has 9 heteroatoms. The van der Waals surface area contributed by atoms with Crippen LogP contribution >= 0.6 is 11.3 Å². The van der Waals surface area contributed by atoms with Gasteiger partial charge in [0.1, 0.15) is 5.75 Å². The van der Waals surface area contributed by atoms with Crippen molar-refractivity contribution in [1.29, 1.82) is 0 Å². The van der Waals surface area contributed by atoms with E-state index in [0.29, 0.717) is 10.5 Å². The van der Waals surface area contributed by atoms with Crippen LogP contribution in [0.2, 0.25) is 0 Å². The maximum atomic E-state index is 12.4. The zero-order chi connectivity index (χ0) is 23.6. The van der Waals surface area contributed by atoms with Crippen molar-refractivity contribution in [2.75, 3.05) is 19.0 Å². The van der Waals surface area contributed by atoms with Crippen LogP contribution < -0.4 is 15.4 Å². The number of benzene rings is 2. The van der Waals surface area contributed by atoms with E-state index in [4.69, 9.17) is 4.74 Å². The Bertz CT molecular complexity index is 1300. The number of hydrogen-bond acceptors (Lipinski definition) is 6. The number of para-hydroxylation sites is 1. The molecule has 0 radical (unpaired) electrons. The second-order valence-corrected chi connectivity index (χ2v) is 9.35. The van der Waals surface area contributed by atoms with Gasteiger partial charge in [0.25, 0.3) is 11.9 Å². The van der Waals surface area contributed by atoms with Crippen LogP contribution in [0, 0.1) is 0 Å². The van der Waals surface area contributed by atoms with Gasteiger partial charge in [0.05, 0.1) is 19.3 Å². The average Bonchev–Trinajstić information content (AvgIpc) is 3.37. The maximum Gasteiger partial charge on any atom is 0.251 e. The second kappa shape index (κ2) is 9.03. The summed E-state index contributed by atoms with van der Waals surface area (Å²) in [5, 5.41) is 11.6. The van der Waals surface area contributed by atoms with E-state index in [9.17, 15) is 9.59 Å². The predicted octanol–water partition coefficient (Wildman–Crippen LogP) is 4.13. The third-order valence-electron chi connectivity index (χ3n) is 5.14. The molecule has 4 aromatic rings. The van der Waals surface area contributed by atoms with Crippen LogP contribution in [0.4, 0.5) is 5.95 Å². The van der Waals surface area contributed by atoms with Crippen LogP contribution in [-0.4, -0.2) is 40.1 Å². The summed E-state index contributed by atoms with van der Waals surface area (Å²) in [6, 6.07) is 15.0. The molecule has 0 aliphatic carbocycles. The summed E-state index contributed by atoms with van der Waals surface area (Å²) in [7, 11) is 1.61. The molecule has 0 unspecified atom stereocenters. The third-order valence-corrected chi connectivity index (χ3v) is 5.95. The summed E-state index contributed by atoms with van der Waals surface area (Å²) in [5.41, 5.74) is 3.32. The SMILES string of the molecule is COc1ccccc1-c1csc2nc(NC(=O)CNC(=O)c3ccc(C(C)(C)C)cc3)nn12. The number of nitrogens with one attached hydrogen (secondary N) is 2. The third kappa shape index (κ3) is 4.88. The van der Waals surface area contributed by atoms with Crippen molar-refractivity contribution in [3.63, 3.8) is 0 Å². The zero-order valence-electron chi connectivity index (χ0n) is 18.9. The minimum Gasteiger partial charge on any atom is -0.496 e. The van der Waals surface area contributed by atoms with E-state index in [1.165, 1.54) is 11.3 Å². The summed E-state index contributed by atoms with van der Waals surface area (Å²) in [6.07, 6.45) is 0. The number of carbonyl (C=O) groups is 2. The van der Waals surface area contributed by atoms with Gasteiger partial charge < -0.3 is 10.1 Å². The summed E-state index contributed by atoms with van der Waals surface area (Å²) < 4.78 is 7.10. The van der Waals surface area contributed by atoms with Crippen LogP contribution in [0.5, 0.6) is 5.75 Å². The molecule has 0 saturated carbocycles. The molecule has 0 spiro atoms. The summed E-state index contributed by atoms with van der Waals surface area (Å²) in [6.45, 7) is 6.14. The van der Waals surface area contributed by atoms with E-state index < -0.39 is 5.91 Å². The first-order valence-corrected chi connectivity index (χ1v) is 11.3. The van der Waals surface area contributed by atoms with Crippen LogP contribution in [0.25, 0.3) is 16.2 Å². The fourth-order valence-electron chi connectivity index (χ4n) is 3.33. The number of rotatable bonds is 6. The van der Waals surface area contributed by atoms with Crippen molar-refractivity contribution < 1.29 is 14.3 Å². The van der Waals surface area contributed by atoms with Crippen molar-refractivity contribution in [1.82, 2.24) is 19.9 Å². The fourth-order valence-corrected chi connectivity index (χ4v) is 4.15. The molecular weight excluding hydrogens is 438 g/mol. The molecule has 2 aromatic heterocycles. The molecule has 33 heavy (non-hydrogen) atoms. The number of methoxy groups -OCH3 is 1. The minimum absolute atomic E-state index is 0.00567. The Morgan fingerprint density at radius 3 is 2.52 bits per heavy atom. The van der Waals surface area contributed by atoms with Gasteiger partial charge in [-0.3, -0.25) is 14.9 Å². The number of anilines is 1. The molecule has 0 fully saturated rings. The van der Waals surface area contributed by atoms with Crippen molar-refractivity contribution >= 4 is 34.1 Å². The largest absolute Gasteiger partial charge is 0.496 e. The maximum absolute atomic E-state index is 12.4. The number of hydrogen-bond donors (Lipinski definition) is 2. The second-order valence-electron chi connectivity index (χ2n) is 8.51. The van der Waals surface area contributed by atoms with Crippen LogP contribution in [0.3, 0.4) is 0 Å². The van der Waals surface area contributed by atoms with E-state index in [-0.39, 0.29) is 23.8 Å². The molecule has 2 amide bonds. The lowest BCUT2D eigenvalue weighted by Crippen LogP contribution is -2.33. The van der Waals surface area contributed by atoms with Gasteiger partial charge in [-0.2, -0.15) is 4.98 Å². The van der Waals surface area contributed by atoms with E-state index in [1.54, 1.807) is 23.8 Å². The topological polar surface area (TPSA) is 97.6 Å². The fraction of sp³-hybridized carbons (Fsp3) is 0.250. The molecular formula is C24H25N5O3S. The normalized spacial score (nSPS) is 11.4. The van der Waals surface area contributed by atoms with Gasteiger partial charge in [0, 0.05) is 16.5 Å². The Balaban J connectivity index is 1.40. The van der Waals surface area contributed by atoms with Gasteiger partial charge in [-0.05, 0) is 35.2 Å². The monoisotopic (exact) mass is 463 g/mol. The quantitative estimate of drug-likeness (QED) is 0.448. The Kier molecular flexibility index (Phi) is 6.15. The van der Waals surface area contributed by atoms with E-state index in [0.717, 1.165) is 22.6 Å². The number of amides is 2. The molecule has 4 rings (SSSR count). The summed E-state index contributed by atoms with van der Waals surface area (Å²) >= 11 is 1.41. The first kappa shape index (κ1) is 22.5. The highest BCUT2D eigenvalue weighted by Gasteiger charge is 2.17. The molecule has 170 valence electrons. The minimum atomic E-state index is -0.410. The average molecular weight is 464 g/mol. The molecule has 8 nitrogen and oxygen atoms in total. The van der Waals surface area contributed by atoms with Gasteiger partial charge in [0.15, 0.2) is 0 Å². The van der Waals surface area contributed by atoms with Crippen LogP contribution in [0.15, 0.2) is 53.9 Å². The smallest absolute Gasteiger partial charge is 0.251 e. The Morgan fingerprint density at radius 1 is 1.09 bits per heavy atom. The van der Waals surface area contributed by atoms with Crippen molar-refractivity contribution in [3.05, 3.63) is 65.0 Å². The van der Waals surface area contributed by atoms with Crippen LogP contribution in [0.1, 0.15) is 36.7 Å². The number of nitrogens with zero attached hydrogens (tertiary/aromatic N) is 3. The number of aromatic nitrogens is 3. The van der Waals surface area contributed by atoms with E-state index >= 15 is 0 Å². The van der Waals surface area contributed by atoms with E-state index in [2.05, 4.69) is 41.5 Å². The molecule has 0 saturated heterocycles. The van der Waals surface area contributed by atoms with Gasteiger partial charge >= 0.3 is 0 Å². The number of thiazole rings is 1. The van der Waals surface area contributed by atoms with Crippen molar-refractivity contribution in [2.45, 2.75) is 26.2 Å². The lowest BCUT2D eigenvalue weighted by Gasteiger charge is -2.19. The molecule has 0 aliphatic heterocycles. The Hall–Kier alpha value is -3.72. The molecule has 2 N–H and O–H groups in total. The standard InChI is InChI=1S/C24H25N5O3S/c1-24(2,3)16-11-9-15(10-12-16)21(31)25-13-20(30)26-22-27-23-29(28-22)18(14-33-23)17-7-5-6-8-19(17)32-4/h5-12,14H,13H2,1-4H3,(H,25,31)(H,26,28,30). The highest BCUT2D eigenvalue weighted by Crippen LogP contribution is 2.32. The van der Waals surface area contributed by atoms with Gasteiger partial charge in [-0.15, -0.1) is 16.4 Å². The number of ether oxygens (including phenoxy) is 1. The molecule has 2 heterocycles. The van der Waals surface area contributed by atoms with E-state index in [1.807, 2.05) is 41.8 Å². The Morgan fingerprint density at radius 2 is 1.82 bits per heavy atom. The van der Waals surface area contributed by atoms with Gasteiger partial charge in [0.2, 0.25) is 10.9 Å². The molecule has 2 aromatic carbocycles. The van der Waals surface area contributed by atoms with Gasteiger partial charge in [-0.1, -0.05) is 45.0 Å². The molecule has 0 bridgehead atoms. The lowest BCUT2D eigenvalue weighted by molar-refractivity contribution is -0.115. The highest BCUT2D eigenvalue weighted by molar-refractivity contribution is 7.15. The lowest BCUT2D eigenvalue weighted by atomic mass is 9.87. The first-order chi connectivity index (χ1) is 15.8. The first-order valence-electron chi connectivity index (χ1n) is 10.4. The summed E-state index contributed by atoms with van der Waals surface area (Å²) in [4.78, 5) is 29.7. The van der Waals surface area contributed by atoms with Gasteiger partial charge in [-0.25, -0.2) is 4.52 Å². The van der Waals surface area contributed by atoms with Crippen LogP contribution in [-0.2, 0) is 10.2 Å². The Labute approximate surface area is 195 Å².